The van der Waals surface area contributed by atoms with Crippen LogP contribution in [0.25, 0.3) is 76.9 Å². The van der Waals surface area contributed by atoms with Gasteiger partial charge in [-0.15, -0.1) is 0 Å². The zero-order valence-electron chi connectivity index (χ0n) is 32.5. The van der Waals surface area contributed by atoms with E-state index in [2.05, 4.69) is 221 Å². The third-order valence-electron chi connectivity index (χ3n) is 12.5. The topological polar surface area (TPSA) is 46.8 Å². The number of nitrogens with zero attached hydrogens (tertiary/aromatic N) is 3. The maximum absolute atomic E-state index is 11.1. The Morgan fingerprint density at radius 1 is 0.400 bits per heavy atom. The van der Waals surface area contributed by atoms with Crippen LogP contribution in [0.4, 0.5) is 0 Å². The SMILES string of the molecule is N#Cc1cc([Si](c2ccccc2)(c2ccccc2)c2cccc(-n3c4ccccc4c4ccc5oc6ccccc6c5c43)c2)ccc1-n1c2ccccc2c2ccccc21. The molecule has 5 heteroatoms. The Bertz CT molecular complexity index is 3590. The van der Waals surface area contributed by atoms with Gasteiger partial charge in [-0.2, -0.15) is 5.26 Å². The van der Waals surface area contributed by atoms with Gasteiger partial charge in [0.2, 0.25) is 0 Å². The minimum atomic E-state index is -3.12. The maximum Gasteiger partial charge on any atom is 0.179 e. The molecule has 3 heterocycles. The summed E-state index contributed by atoms with van der Waals surface area (Å²) in [7, 11) is -3.12. The second-order valence-electron chi connectivity index (χ2n) is 15.5. The first-order chi connectivity index (χ1) is 29.7. The molecular formula is C55H35N3OSi. The summed E-state index contributed by atoms with van der Waals surface area (Å²) in [5.74, 6) is 0. The number of hydrogen-bond acceptors (Lipinski definition) is 2. The molecule has 0 saturated carbocycles. The van der Waals surface area contributed by atoms with Crippen molar-refractivity contribution in [3.05, 3.63) is 218 Å². The lowest BCUT2D eigenvalue weighted by atomic mass is 10.1. The van der Waals surface area contributed by atoms with Crippen LogP contribution < -0.4 is 20.7 Å². The van der Waals surface area contributed by atoms with E-state index in [1.807, 2.05) is 6.07 Å². The van der Waals surface area contributed by atoms with E-state index in [9.17, 15) is 5.26 Å². The van der Waals surface area contributed by atoms with Gasteiger partial charge in [-0.1, -0.05) is 152 Å². The minimum Gasteiger partial charge on any atom is -0.456 e. The van der Waals surface area contributed by atoms with E-state index < -0.39 is 8.07 Å². The Hall–Kier alpha value is -7.91. The van der Waals surface area contributed by atoms with Gasteiger partial charge in [-0.25, -0.2) is 0 Å². The van der Waals surface area contributed by atoms with E-state index >= 15 is 0 Å². The number of rotatable bonds is 6. The predicted molar refractivity (Wildman–Crippen MR) is 251 cm³/mol. The Morgan fingerprint density at radius 3 is 1.58 bits per heavy atom. The highest BCUT2D eigenvalue weighted by Crippen LogP contribution is 2.41. The molecule has 0 unspecified atom stereocenters. The predicted octanol–water partition coefficient (Wildman–Crippen LogP) is 11.0. The standard InChI is InChI=1S/C55H35N3OSi/c56-36-37-34-42(30-32-48(37)58-50-27-12-7-22-43(50)44-23-8-13-28-51(44)58)60(39-17-3-1-4-18-39,40-19-5-2-6-20-40)41-21-15-16-38(35-41)57-49-26-11-9-24-45(49)46-31-33-53-54(55(46)57)47-25-10-14-29-52(47)59-53/h1-35H. The summed E-state index contributed by atoms with van der Waals surface area (Å²) < 4.78 is 11.2. The van der Waals surface area contributed by atoms with Crippen LogP contribution in [0.5, 0.6) is 0 Å². The summed E-state index contributed by atoms with van der Waals surface area (Å²) in [6.07, 6.45) is 0. The normalized spacial score (nSPS) is 12.0. The monoisotopic (exact) mass is 781 g/mol. The number of fused-ring (bicyclic) bond motifs is 10. The van der Waals surface area contributed by atoms with Gasteiger partial charge < -0.3 is 13.6 Å². The van der Waals surface area contributed by atoms with Gasteiger partial charge in [0.25, 0.3) is 0 Å². The van der Waals surface area contributed by atoms with Gasteiger partial charge in [0, 0.05) is 32.6 Å². The Kier molecular flexibility index (Phi) is 7.58. The summed E-state index contributed by atoms with van der Waals surface area (Å²) in [6, 6.07) is 78.7. The van der Waals surface area contributed by atoms with Crippen LogP contribution in [-0.4, -0.2) is 17.2 Å². The van der Waals surface area contributed by atoms with Gasteiger partial charge in [0.1, 0.15) is 17.2 Å². The van der Waals surface area contributed by atoms with Crippen molar-refractivity contribution in [2.45, 2.75) is 0 Å². The van der Waals surface area contributed by atoms with Crippen molar-refractivity contribution in [3.63, 3.8) is 0 Å². The molecular weight excluding hydrogens is 747 g/mol. The second kappa shape index (κ2) is 13.3. The van der Waals surface area contributed by atoms with Crippen molar-refractivity contribution in [3.8, 4) is 17.4 Å². The van der Waals surface area contributed by atoms with Crippen LogP contribution in [0, 0.1) is 11.3 Å². The Balaban J connectivity index is 1.16. The molecule has 12 aromatic rings. The lowest BCUT2D eigenvalue weighted by Crippen LogP contribution is -2.74. The molecule has 0 aliphatic carbocycles. The first kappa shape index (κ1) is 34.2. The van der Waals surface area contributed by atoms with Crippen molar-refractivity contribution >= 4 is 94.4 Å². The smallest absolute Gasteiger partial charge is 0.179 e. The van der Waals surface area contributed by atoms with Crippen LogP contribution in [0.15, 0.2) is 217 Å². The van der Waals surface area contributed by atoms with E-state index in [1.54, 1.807) is 0 Å². The molecule has 0 N–H and O–H groups in total. The fourth-order valence-electron chi connectivity index (χ4n) is 10.0. The molecule has 0 atom stereocenters. The van der Waals surface area contributed by atoms with Gasteiger partial charge in [-0.05, 0) is 81.4 Å². The average Bonchev–Trinajstić information content (AvgIpc) is 3.98. The molecule has 0 bridgehead atoms. The molecule has 0 fully saturated rings. The summed E-state index contributed by atoms with van der Waals surface area (Å²) in [5, 5.41) is 22.9. The number of nitriles is 1. The molecule has 280 valence electrons. The molecule has 0 aliphatic heterocycles. The van der Waals surface area contributed by atoms with Gasteiger partial charge in [-0.3, -0.25) is 0 Å². The molecule has 12 rings (SSSR count). The van der Waals surface area contributed by atoms with E-state index in [1.165, 1.54) is 37.1 Å². The minimum absolute atomic E-state index is 0.635. The first-order valence-electron chi connectivity index (χ1n) is 20.3. The van der Waals surface area contributed by atoms with Crippen LogP contribution in [0.1, 0.15) is 5.56 Å². The fraction of sp³-hybridized carbons (Fsp3) is 0. The molecule has 60 heavy (non-hydrogen) atoms. The van der Waals surface area contributed by atoms with Crippen LogP contribution in [0.3, 0.4) is 0 Å². The van der Waals surface area contributed by atoms with Crippen molar-refractivity contribution in [1.29, 1.82) is 5.26 Å². The van der Waals surface area contributed by atoms with Crippen molar-refractivity contribution in [2.24, 2.45) is 0 Å². The molecule has 3 aromatic heterocycles. The van der Waals surface area contributed by atoms with E-state index in [4.69, 9.17) is 4.42 Å². The van der Waals surface area contributed by atoms with Crippen molar-refractivity contribution in [2.75, 3.05) is 0 Å². The lowest BCUT2D eigenvalue weighted by molar-refractivity contribution is 0.669. The zero-order valence-corrected chi connectivity index (χ0v) is 33.5. The number of furan rings is 1. The molecule has 0 amide bonds. The van der Waals surface area contributed by atoms with Crippen molar-refractivity contribution < 1.29 is 4.42 Å². The highest BCUT2D eigenvalue weighted by Gasteiger charge is 2.42. The van der Waals surface area contributed by atoms with E-state index in [0.29, 0.717) is 5.56 Å². The third kappa shape index (κ3) is 4.83. The second-order valence-corrected chi connectivity index (χ2v) is 19.3. The summed E-state index contributed by atoms with van der Waals surface area (Å²) in [6.45, 7) is 0. The van der Waals surface area contributed by atoms with Gasteiger partial charge in [0.15, 0.2) is 8.07 Å². The molecule has 0 aliphatic rings. The third-order valence-corrected chi connectivity index (χ3v) is 17.2. The molecule has 4 nitrogen and oxygen atoms in total. The highest BCUT2D eigenvalue weighted by atomic mass is 28.3. The molecule has 0 radical (unpaired) electrons. The highest BCUT2D eigenvalue weighted by molar-refractivity contribution is 7.20. The average molecular weight is 782 g/mol. The largest absolute Gasteiger partial charge is 0.456 e. The van der Waals surface area contributed by atoms with Gasteiger partial charge >= 0.3 is 0 Å². The Morgan fingerprint density at radius 2 is 0.933 bits per heavy atom. The van der Waals surface area contributed by atoms with Crippen LogP contribution in [0.2, 0.25) is 0 Å². The number of hydrogen-bond donors (Lipinski definition) is 0. The zero-order chi connectivity index (χ0) is 39.8. The quantitative estimate of drug-likeness (QED) is 0.125. The summed E-state index contributed by atoms with van der Waals surface area (Å²) in [5.41, 5.74) is 8.75. The van der Waals surface area contributed by atoms with Crippen LogP contribution >= 0.6 is 0 Å². The van der Waals surface area contributed by atoms with Crippen molar-refractivity contribution in [1.82, 2.24) is 9.13 Å². The number of para-hydroxylation sites is 4. The molecule has 9 aromatic carbocycles. The molecule has 0 saturated heterocycles. The van der Waals surface area contributed by atoms with Gasteiger partial charge in [0.05, 0.1) is 38.7 Å². The van der Waals surface area contributed by atoms with E-state index in [-0.39, 0.29) is 0 Å². The number of aromatic nitrogens is 2. The number of benzene rings is 9. The first-order valence-corrected chi connectivity index (χ1v) is 22.3. The lowest BCUT2D eigenvalue weighted by Gasteiger charge is -2.35. The summed E-state index contributed by atoms with van der Waals surface area (Å²) >= 11 is 0. The fourth-order valence-corrected chi connectivity index (χ4v) is 14.8. The Labute approximate surface area is 347 Å². The van der Waals surface area contributed by atoms with E-state index in [0.717, 1.165) is 60.6 Å². The van der Waals surface area contributed by atoms with Crippen LogP contribution in [-0.2, 0) is 0 Å². The maximum atomic E-state index is 11.1. The summed E-state index contributed by atoms with van der Waals surface area (Å²) in [4.78, 5) is 0. The molecule has 0 spiro atoms.